The van der Waals surface area contributed by atoms with Gasteiger partial charge < -0.3 is 13.4 Å². The van der Waals surface area contributed by atoms with Crippen LogP contribution in [0.25, 0.3) is 117 Å². The Morgan fingerprint density at radius 2 is 0.930 bits per heavy atom. The third-order valence-corrected chi connectivity index (χ3v) is 11.1. The van der Waals surface area contributed by atoms with Gasteiger partial charge in [0.2, 0.25) is 0 Å². The lowest BCUT2D eigenvalue weighted by molar-refractivity contribution is 0.666. The molecule has 0 aliphatic carbocycles. The predicted molar refractivity (Wildman–Crippen MR) is 230 cm³/mol. The average molecular weight is 731 g/mol. The molecule has 0 saturated heterocycles. The lowest BCUT2D eigenvalue weighted by Gasteiger charge is -2.10. The Kier molecular flexibility index (Phi) is 6.83. The van der Waals surface area contributed by atoms with Gasteiger partial charge in [-0.05, 0) is 59.7 Å². The standard InChI is InChI=1S/C51H30N4O2/c1-3-13-31(14-4-1)49-52-50(32-15-5-2-6-16-32)54-51(53-49)38-20-12-24-46-47(38)40-30-34(26-28-45(40)56-46)33-25-27-42-39(29-33)35-17-7-9-21-41(35)55(42)43-22-11-19-37-36-18-8-10-23-44(36)57-48(37)43/h1-30H. The van der Waals surface area contributed by atoms with Crippen LogP contribution in [0.15, 0.2) is 191 Å². The first kappa shape index (κ1) is 31.5. The smallest absolute Gasteiger partial charge is 0.164 e. The van der Waals surface area contributed by atoms with Crippen molar-refractivity contribution in [2.45, 2.75) is 0 Å². The fourth-order valence-corrected chi connectivity index (χ4v) is 8.44. The molecule has 8 aromatic carbocycles. The van der Waals surface area contributed by atoms with Gasteiger partial charge in [-0.2, -0.15) is 0 Å². The summed E-state index contributed by atoms with van der Waals surface area (Å²) in [6.07, 6.45) is 0. The van der Waals surface area contributed by atoms with Gasteiger partial charge in [-0.1, -0.05) is 133 Å². The number of nitrogens with zero attached hydrogens (tertiary/aromatic N) is 4. The number of fused-ring (bicyclic) bond motifs is 9. The van der Waals surface area contributed by atoms with Gasteiger partial charge in [0.05, 0.1) is 16.7 Å². The van der Waals surface area contributed by atoms with Crippen molar-refractivity contribution in [3.63, 3.8) is 0 Å². The van der Waals surface area contributed by atoms with Crippen LogP contribution in [0.1, 0.15) is 0 Å². The summed E-state index contributed by atoms with van der Waals surface area (Å²) in [5.74, 6) is 1.83. The second kappa shape index (κ2) is 12.3. The topological polar surface area (TPSA) is 69.9 Å². The summed E-state index contributed by atoms with van der Waals surface area (Å²) in [7, 11) is 0. The molecule has 6 heteroatoms. The summed E-state index contributed by atoms with van der Waals surface area (Å²) in [4.78, 5) is 15.1. The van der Waals surface area contributed by atoms with E-state index in [1.807, 2.05) is 84.9 Å². The number of hydrogen-bond donors (Lipinski definition) is 0. The maximum atomic E-state index is 6.52. The Hall–Kier alpha value is -7.83. The second-order valence-corrected chi connectivity index (χ2v) is 14.4. The van der Waals surface area contributed by atoms with Gasteiger partial charge in [0.25, 0.3) is 0 Å². The molecule has 0 radical (unpaired) electrons. The first-order valence-corrected chi connectivity index (χ1v) is 19.0. The van der Waals surface area contributed by atoms with Crippen LogP contribution in [0.5, 0.6) is 0 Å². The maximum absolute atomic E-state index is 6.52. The summed E-state index contributed by atoms with van der Waals surface area (Å²) in [6.45, 7) is 0. The van der Waals surface area contributed by atoms with E-state index < -0.39 is 0 Å². The highest BCUT2D eigenvalue weighted by Gasteiger charge is 2.20. The molecule has 0 aliphatic heterocycles. The van der Waals surface area contributed by atoms with Gasteiger partial charge >= 0.3 is 0 Å². The normalized spacial score (nSPS) is 11.9. The fraction of sp³-hybridized carbons (Fsp3) is 0. The summed E-state index contributed by atoms with van der Waals surface area (Å²) >= 11 is 0. The molecule has 0 N–H and O–H groups in total. The summed E-state index contributed by atoms with van der Waals surface area (Å²) < 4.78 is 15.3. The van der Waals surface area contributed by atoms with Crippen molar-refractivity contribution in [3.8, 4) is 51.0 Å². The zero-order valence-electron chi connectivity index (χ0n) is 30.4. The molecular formula is C51H30N4O2. The maximum Gasteiger partial charge on any atom is 0.164 e. The minimum Gasteiger partial charge on any atom is -0.456 e. The van der Waals surface area contributed by atoms with Crippen molar-refractivity contribution in [2.24, 2.45) is 0 Å². The van der Waals surface area contributed by atoms with Crippen molar-refractivity contribution >= 4 is 65.7 Å². The highest BCUT2D eigenvalue weighted by molar-refractivity contribution is 6.15. The van der Waals surface area contributed by atoms with Crippen molar-refractivity contribution in [3.05, 3.63) is 182 Å². The monoisotopic (exact) mass is 730 g/mol. The van der Waals surface area contributed by atoms with Crippen LogP contribution < -0.4 is 0 Å². The lowest BCUT2D eigenvalue weighted by atomic mass is 9.99. The summed E-state index contributed by atoms with van der Waals surface area (Å²) in [5, 5.41) is 6.54. The van der Waals surface area contributed by atoms with E-state index >= 15 is 0 Å². The first-order valence-electron chi connectivity index (χ1n) is 19.0. The van der Waals surface area contributed by atoms with E-state index in [4.69, 9.17) is 23.8 Å². The van der Waals surface area contributed by atoms with Gasteiger partial charge in [-0.25, -0.2) is 15.0 Å². The molecular weight excluding hydrogens is 701 g/mol. The zero-order chi connectivity index (χ0) is 37.5. The number of benzene rings is 8. The molecule has 4 aromatic heterocycles. The number of furan rings is 2. The lowest BCUT2D eigenvalue weighted by Crippen LogP contribution is -2.00. The third kappa shape index (κ3) is 4.94. The summed E-state index contributed by atoms with van der Waals surface area (Å²) in [6, 6.07) is 62.7. The molecule has 12 rings (SSSR count). The molecule has 57 heavy (non-hydrogen) atoms. The first-order chi connectivity index (χ1) is 28.2. The van der Waals surface area contributed by atoms with Gasteiger partial charge in [-0.3, -0.25) is 0 Å². The third-order valence-electron chi connectivity index (χ3n) is 11.1. The molecule has 266 valence electrons. The van der Waals surface area contributed by atoms with Gasteiger partial charge in [0.1, 0.15) is 16.7 Å². The Morgan fingerprint density at radius 1 is 0.351 bits per heavy atom. The fourth-order valence-electron chi connectivity index (χ4n) is 8.44. The van der Waals surface area contributed by atoms with E-state index in [1.54, 1.807) is 0 Å². The molecule has 0 bridgehead atoms. The molecule has 0 unspecified atom stereocenters. The van der Waals surface area contributed by atoms with Crippen LogP contribution >= 0.6 is 0 Å². The molecule has 0 fully saturated rings. The molecule has 0 amide bonds. The minimum atomic E-state index is 0.593. The Labute approximate surface area is 325 Å². The van der Waals surface area contributed by atoms with Crippen LogP contribution in [0.3, 0.4) is 0 Å². The van der Waals surface area contributed by atoms with Crippen LogP contribution in [0.4, 0.5) is 0 Å². The van der Waals surface area contributed by atoms with Crippen molar-refractivity contribution in [1.82, 2.24) is 19.5 Å². The largest absolute Gasteiger partial charge is 0.456 e. The van der Waals surface area contributed by atoms with Crippen molar-refractivity contribution in [1.29, 1.82) is 0 Å². The van der Waals surface area contributed by atoms with E-state index in [9.17, 15) is 0 Å². The molecule has 0 spiro atoms. The van der Waals surface area contributed by atoms with E-state index in [0.29, 0.717) is 17.5 Å². The Bertz CT molecular complexity index is 3470. The van der Waals surface area contributed by atoms with Crippen molar-refractivity contribution in [2.75, 3.05) is 0 Å². The van der Waals surface area contributed by atoms with Gasteiger partial charge in [0, 0.05) is 49.0 Å². The highest BCUT2D eigenvalue weighted by Crippen LogP contribution is 2.41. The quantitative estimate of drug-likeness (QED) is 0.176. The van der Waals surface area contributed by atoms with Crippen LogP contribution in [0, 0.1) is 0 Å². The molecule has 0 atom stereocenters. The summed E-state index contributed by atoms with van der Waals surface area (Å²) in [5.41, 5.74) is 11.5. The zero-order valence-corrected chi connectivity index (χ0v) is 30.4. The van der Waals surface area contributed by atoms with E-state index in [2.05, 4.69) is 102 Å². The number of rotatable bonds is 5. The molecule has 0 aliphatic rings. The molecule has 0 saturated carbocycles. The molecule has 12 aromatic rings. The second-order valence-electron chi connectivity index (χ2n) is 14.4. The van der Waals surface area contributed by atoms with E-state index in [-0.39, 0.29) is 0 Å². The van der Waals surface area contributed by atoms with Crippen LogP contribution in [-0.4, -0.2) is 19.5 Å². The number of aromatic nitrogens is 4. The highest BCUT2D eigenvalue weighted by atomic mass is 16.3. The number of para-hydroxylation sites is 3. The van der Waals surface area contributed by atoms with Crippen LogP contribution in [0.2, 0.25) is 0 Å². The van der Waals surface area contributed by atoms with Crippen LogP contribution in [-0.2, 0) is 0 Å². The molecule has 4 heterocycles. The molecule has 6 nitrogen and oxygen atoms in total. The van der Waals surface area contributed by atoms with Gasteiger partial charge in [-0.15, -0.1) is 0 Å². The van der Waals surface area contributed by atoms with E-state index in [1.165, 1.54) is 10.8 Å². The van der Waals surface area contributed by atoms with Gasteiger partial charge in [0.15, 0.2) is 23.1 Å². The Balaban J connectivity index is 1.04. The predicted octanol–water partition coefficient (Wildman–Crippen LogP) is 13.4. The van der Waals surface area contributed by atoms with E-state index in [0.717, 1.165) is 88.4 Å². The minimum absolute atomic E-state index is 0.593. The average Bonchev–Trinajstić information content (AvgIpc) is 3.96. The Morgan fingerprint density at radius 3 is 1.72 bits per heavy atom. The SMILES string of the molecule is c1ccc(-c2nc(-c3ccccc3)nc(-c3cccc4oc5ccc(-c6ccc7c(c6)c6ccccc6n7-c6cccc7c6oc6ccccc67)cc5c34)n2)cc1. The van der Waals surface area contributed by atoms with Crippen molar-refractivity contribution < 1.29 is 8.83 Å². The number of hydrogen-bond acceptors (Lipinski definition) is 5.